The number of hydrogen-bond acceptors (Lipinski definition) is 2. The molecule has 0 aliphatic heterocycles. The van der Waals surface area contributed by atoms with Gasteiger partial charge in [0, 0.05) is 6.04 Å². The minimum atomic E-state index is 0.379. The van der Waals surface area contributed by atoms with E-state index in [1.165, 1.54) is 6.42 Å². The molecule has 1 aliphatic rings. The molecule has 68 valence electrons. The molecule has 1 aliphatic carbocycles. The molecule has 13 heavy (non-hydrogen) atoms. The summed E-state index contributed by atoms with van der Waals surface area (Å²) in [5.74, 6) is 2.59. The summed E-state index contributed by atoms with van der Waals surface area (Å²) >= 11 is 0. The Hall–Kier alpha value is -1.25. The molecular formula is C11H14N2. The minimum absolute atomic E-state index is 0.379. The average Bonchev–Trinajstić information content (AvgIpc) is 2.19. The first-order valence-corrected chi connectivity index (χ1v) is 4.59. The van der Waals surface area contributed by atoms with Crippen molar-refractivity contribution < 1.29 is 0 Å². The van der Waals surface area contributed by atoms with Gasteiger partial charge in [-0.1, -0.05) is 18.1 Å². The maximum Gasteiger partial charge on any atom is 0.0878 e. The zero-order valence-electron chi connectivity index (χ0n) is 7.74. The lowest BCUT2D eigenvalue weighted by Crippen LogP contribution is -2.35. The fourth-order valence-electron chi connectivity index (χ4n) is 1.60. The number of nitriles is 1. The molecule has 0 radical (unpaired) electrons. The highest BCUT2D eigenvalue weighted by atomic mass is 15.1. The van der Waals surface area contributed by atoms with E-state index in [9.17, 15) is 0 Å². The average molecular weight is 174 g/mol. The summed E-state index contributed by atoms with van der Waals surface area (Å²) in [7, 11) is 0. The van der Waals surface area contributed by atoms with Crippen LogP contribution < -0.4 is 0 Å². The number of terminal acetylenes is 1. The van der Waals surface area contributed by atoms with E-state index < -0.39 is 0 Å². The molecule has 0 N–H and O–H groups in total. The Kier molecular flexibility index (Phi) is 4.09. The van der Waals surface area contributed by atoms with Crippen molar-refractivity contribution in [3.05, 3.63) is 12.2 Å². The third-order valence-electron chi connectivity index (χ3n) is 2.27. The van der Waals surface area contributed by atoms with E-state index >= 15 is 0 Å². The molecule has 0 saturated heterocycles. The Morgan fingerprint density at radius 1 is 1.54 bits per heavy atom. The van der Waals surface area contributed by atoms with Gasteiger partial charge in [0.25, 0.3) is 0 Å². The summed E-state index contributed by atoms with van der Waals surface area (Å²) in [6.45, 7) is 1.00. The van der Waals surface area contributed by atoms with E-state index in [1.54, 1.807) is 0 Å². The van der Waals surface area contributed by atoms with Crippen molar-refractivity contribution in [2.75, 3.05) is 13.1 Å². The molecule has 0 fully saturated rings. The van der Waals surface area contributed by atoms with Crippen LogP contribution in [-0.4, -0.2) is 24.0 Å². The van der Waals surface area contributed by atoms with Crippen molar-refractivity contribution in [3.63, 3.8) is 0 Å². The van der Waals surface area contributed by atoms with Gasteiger partial charge in [-0.05, 0) is 19.3 Å². The van der Waals surface area contributed by atoms with Crippen LogP contribution in [0.2, 0.25) is 0 Å². The first kappa shape index (κ1) is 9.84. The summed E-state index contributed by atoms with van der Waals surface area (Å²) in [5, 5.41) is 8.61. The molecule has 0 bridgehead atoms. The lowest BCUT2D eigenvalue weighted by Gasteiger charge is -2.27. The van der Waals surface area contributed by atoms with E-state index in [0.29, 0.717) is 19.1 Å². The number of hydrogen-bond donors (Lipinski definition) is 0. The second-order valence-corrected chi connectivity index (χ2v) is 3.19. The lowest BCUT2D eigenvalue weighted by atomic mass is 10.0. The van der Waals surface area contributed by atoms with Crippen LogP contribution in [0.1, 0.15) is 19.3 Å². The SMILES string of the molecule is C#CCN(CC#N)C1C=CCCC1. The largest absolute Gasteiger partial charge is 0.273 e. The molecule has 0 amide bonds. The van der Waals surface area contributed by atoms with Crippen LogP contribution in [0.15, 0.2) is 12.2 Å². The van der Waals surface area contributed by atoms with Gasteiger partial charge < -0.3 is 0 Å². The van der Waals surface area contributed by atoms with Crippen molar-refractivity contribution in [1.29, 1.82) is 5.26 Å². The van der Waals surface area contributed by atoms with E-state index in [4.69, 9.17) is 11.7 Å². The van der Waals surface area contributed by atoms with Gasteiger partial charge in [0.15, 0.2) is 0 Å². The zero-order valence-corrected chi connectivity index (χ0v) is 7.74. The van der Waals surface area contributed by atoms with E-state index in [-0.39, 0.29) is 0 Å². The van der Waals surface area contributed by atoms with Gasteiger partial charge in [-0.2, -0.15) is 5.26 Å². The van der Waals surface area contributed by atoms with Crippen LogP contribution in [0.5, 0.6) is 0 Å². The van der Waals surface area contributed by atoms with Crippen molar-refractivity contribution in [2.45, 2.75) is 25.3 Å². The highest BCUT2D eigenvalue weighted by Gasteiger charge is 2.15. The van der Waals surface area contributed by atoms with E-state index in [0.717, 1.165) is 12.8 Å². The summed E-state index contributed by atoms with van der Waals surface area (Å²) in [4.78, 5) is 2.04. The smallest absolute Gasteiger partial charge is 0.0878 e. The van der Waals surface area contributed by atoms with Gasteiger partial charge in [-0.3, -0.25) is 4.90 Å². The van der Waals surface area contributed by atoms with E-state index in [2.05, 4.69) is 24.1 Å². The summed E-state index contributed by atoms with van der Waals surface area (Å²) in [5.41, 5.74) is 0. The first-order valence-electron chi connectivity index (χ1n) is 4.59. The van der Waals surface area contributed by atoms with Crippen LogP contribution in [0.25, 0.3) is 0 Å². The Bertz CT molecular complexity index is 238. The van der Waals surface area contributed by atoms with Gasteiger partial charge in [0.05, 0.1) is 19.2 Å². The zero-order chi connectivity index (χ0) is 9.52. The molecule has 1 unspecified atom stereocenters. The third-order valence-corrected chi connectivity index (χ3v) is 2.27. The first-order chi connectivity index (χ1) is 6.38. The maximum atomic E-state index is 8.61. The van der Waals surface area contributed by atoms with Gasteiger partial charge in [0.1, 0.15) is 0 Å². The van der Waals surface area contributed by atoms with Crippen molar-refractivity contribution in [2.24, 2.45) is 0 Å². The second kappa shape index (κ2) is 5.41. The fourth-order valence-corrected chi connectivity index (χ4v) is 1.60. The van der Waals surface area contributed by atoms with Gasteiger partial charge in [-0.25, -0.2) is 0 Å². The molecule has 0 aromatic rings. The maximum absolute atomic E-state index is 8.61. The molecule has 0 heterocycles. The highest BCUT2D eigenvalue weighted by Crippen LogP contribution is 2.15. The van der Waals surface area contributed by atoms with Crippen molar-refractivity contribution in [3.8, 4) is 18.4 Å². The number of rotatable bonds is 3. The molecule has 0 aromatic carbocycles. The Morgan fingerprint density at radius 3 is 2.92 bits per heavy atom. The topological polar surface area (TPSA) is 27.0 Å². The van der Waals surface area contributed by atoms with Crippen LogP contribution in [-0.2, 0) is 0 Å². The standard InChI is InChI=1S/C11H14N2/c1-2-9-13(10-8-12)11-6-4-3-5-7-11/h1,4,6,11H,3,5,7,9-10H2. The highest BCUT2D eigenvalue weighted by molar-refractivity contribution is 5.03. The molecule has 0 aromatic heterocycles. The van der Waals surface area contributed by atoms with Crippen LogP contribution in [0, 0.1) is 23.7 Å². The number of allylic oxidation sites excluding steroid dienone is 1. The van der Waals surface area contributed by atoms with Crippen LogP contribution in [0.3, 0.4) is 0 Å². The van der Waals surface area contributed by atoms with Gasteiger partial charge in [-0.15, -0.1) is 6.42 Å². The summed E-state index contributed by atoms with van der Waals surface area (Å²) in [6.07, 6.45) is 13.1. The lowest BCUT2D eigenvalue weighted by molar-refractivity contribution is 0.267. The molecule has 1 atom stereocenters. The normalized spacial score (nSPS) is 21.0. The quantitative estimate of drug-likeness (QED) is 0.369. The van der Waals surface area contributed by atoms with Crippen molar-refractivity contribution in [1.82, 2.24) is 4.90 Å². The molecule has 1 rings (SSSR count). The monoisotopic (exact) mass is 174 g/mol. The summed E-state index contributed by atoms with van der Waals surface area (Å²) < 4.78 is 0. The molecule has 2 heteroatoms. The molecule has 2 nitrogen and oxygen atoms in total. The molecular weight excluding hydrogens is 160 g/mol. The van der Waals surface area contributed by atoms with Crippen molar-refractivity contribution >= 4 is 0 Å². The van der Waals surface area contributed by atoms with Crippen LogP contribution in [0.4, 0.5) is 0 Å². The van der Waals surface area contributed by atoms with Crippen LogP contribution >= 0.6 is 0 Å². The predicted molar refractivity (Wildman–Crippen MR) is 52.8 cm³/mol. The molecule has 0 spiro atoms. The van der Waals surface area contributed by atoms with Gasteiger partial charge in [0.2, 0.25) is 0 Å². The second-order valence-electron chi connectivity index (χ2n) is 3.19. The minimum Gasteiger partial charge on any atom is -0.273 e. The number of nitrogens with zero attached hydrogens (tertiary/aromatic N) is 2. The predicted octanol–water partition coefficient (Wildman–Crippen LogP) is 1.55. The summed E-state index contributed by atoms with van der Waals surface area (Å²) in [6, 6.07) is 2.53. The third kappa shape index (κ3) is 2.93. The Balaban J connectivity index is 2.53. The Labute approximate surface area is 79.8 Å². The van der Waals surface area contributed by atoms with E-state index in [1.807, 2.05) is 4.90 Å². The molecule has 0 saturated carbocycles. The van der Waals surface area contributed by atoms with Gasteiger partial charge >= 0.3 is 0 Å². The Morgan fingerprint density at radius 2 is 2.38 bits per heavy atom. The fraction of sp³-hybridized carbons (Fsp3) is 0.545.